The average molecular weight is 429 g/mol. The van der Waals surface area contributed by atoms with Crippen LogP contribution in [0.2, 0.25) is 0 Å². The van der Waals surface area contributed by atoms with Crippen molar-refractivity contribution in [3.8, 4) is 0 Å². The number of piperazine rings is 1. The van der Waals surface area contributed by atoms with Gasteiger partial charge in [0.25, 0.3) is 0 Å². The lowest BCUT2D eigenvalue weighted by molar-refractivity contribution is -0.145. The summed E-state index contributed by atoms with van der Waals surface area (Å²) in [6.45, 7) is 8.42. The summed E-state index contributed by atoms with van der Waals surface area (Å²) in [5.41, 5.74) is 2.05. The number of benzene rings is 1. The molecule has 1 aromatic carbocycles. The van der Waals surface area contributed by atoms with E-state index in [4.69, 9.17) is 4.74 Å². The van der Waals surface area contributed by atoms with Gasteiger partial charge in [0.05, 0.1) is 12.0 Å². The zero-order valence-electron chi connectivity index (χ0n) is 18.5. The Bertz CT molecular complexity index is 864. The normalized spacial score (nSPS) is 38.3. The lowest BCUT2D eigenvalue weighted by Gasteiger charge is -2.52. The Labute approximate surface area is 183 Å². The minimum absolute atomic E-state index is 0.134. The van der Waals surface area contributed by atoms with Crippen LogP contribution < -0.4 is 4.90 Å². The molecule has 168 valence electrons. The molecule has 0 bridgehead atoms. The highest BCUT2D eigenvalue weighted by Crippen LogP contribution is 2.56. The van der Waals surface area contributed by atoms with Crippen LogP contribution in [-0.4, -0.2) is 60.9 Å². The van der Waals surface area contributed by atoms with Gasteiger partial charge in [0.15, 0.2) is 0 Å². The Morgan fingerprint density at radius 3 is 2.61 bits per heavy atom. The second-order valence-corrected chi connectivity index (χ2v) is 10.1. The first kappa shape index (κ1) is 21.0. The van der Waals surface area contributed by atoms with Crippen molar-refractivity contribution >= 4 is 11.7 Å². The zero-order chi connectivity index (χ0) is 21.8. The molecule has 2 aliphatic carbocycles. The fourth-order valence-corrected chi connectivity index (χ4v) is 6.39. The fourth-order valence-electron chi connectivity index (χ4n) is 6.39. The monoisotopic (exact) mass is 428 g/mol. The lowest BCUT2D eigenvalue weighted by atomic mass is 9.55. The van der Waals surface area contributed by atoms with Gasteiger partial charge in [-0.15, -0.1) is 0 Å². The van der Waals surface area contributed by atoms with Crippen molar-refractivity contribution in [2.45, 2.75) is 45.3 Å². The van der Waals surface area contributed by atoms with Crippen molar-refractivity contribution in [2.75, 3.05) is 37.6 Å². The van der Waals surface area contributed by atoms with E-state index in [2.05, 4.69) is 29.7 Å². The van der Waals surface area contributed by atoms with Crippen molar-refractivity contribution < 1.29 is 19.0 Å². The highest BCUT2D eigenvalue weighted by atomic mass is 19.1. The molecular formula is C25H33FN2O3. The molecule has 0 radical (unpaired) electrons. The van der Waals surface area contributed by atoms with Gasteiger partial charge in [0, 0.05) is 56.2 Å². The van der Waals surface area contributed by atoms with Gasteiger partial charge in [-0.25, -0.2) is 4.39 Å². The number of anilines is 1. The van der Waals surface area contributed by atoms with E-state index in [1.54, 1.807) is 0 Å². The van der Waals surface area contributed by atoms with Crippen LogP contribution in [0.15, 0.2) is 35.9 Å². The third kappa shape index (κ3) is 3.48. The van der Waals surface area contributed by atoms with Gasteiger partial charge in [0.1, 0.15) is 11.9 Å². The Morgan fingerprint density at radius 1 is 1.19 bits per heavy atom. The molecule has 3 unspecified atom stereocenters. The van der Waals surface area contributed by atoms with Gasteiger partial charge in [0.2, 0.25) is 0 Å². The van der Waals surface area contributed by atoms with Crippen LogP contribution >= 0.6 is 0 Å². The van der Waals surface area contributed by atoms with Gasteiger partial charge in [-0.3, -0.25) is 9.69 Å². The molecule has 5 rings (SSSR count). The maximum atomic E-state index is 13.2. The molecule has 0 spiro atoms. The van der Waals surface area contributed by atoms with Crippen LogP contribution in [0, 0.1) is 29.0 Å². The third-order valence-corrected chi connectivity index (χ3v) is 8.59. The average Bonchev–Trinajstić information content (AvgIpc) is 3.07. The van der Waals surface area contributed by atoms with Crippen LogP contribution in [-0.2, 0) is 9.53 Å². The number of carbonyl (C=O) groups is 1. The zero-order valence-corrected chi connectivity index (χ0v) is 18.5. The Balaban J connectivity index is 1.27. The molecule has 6 heteroatoms. The van der Waals surface area contributed by atoms with Crippen LogP contribution in [0.5, 0.6) is 0 Å². The smallest absolute Gasteiger partial charge is 0.311 e. The fraction of sp³-hybridized carbons (Fsp3) is 0.640. The minimum Gasteiger partial charge on any atom is -0.461 e. The summed E-state index contributed by atoms with van der Waals surface area (Å²) in [7, 11) is 0. The summed E-state index contributed by atoms with van der Waals surface area (Å²) < 4.78 is 19.0. The van der Waals surface area contributed by atoms with E-state index in [1.807, 2.05) is 12.1 Å². The highest BCUT2D eigenvalue weighted by Gasteiger charge is 2.59. The number of aliphatic hydroxyl groups excluding tert-OH is 1. The molecule has 6 atom stereocenters. The first-order valence-corrected chi connectivity index (χ1v) is 11.7. The van der Waals surface area contributed by atoms with Gasteiger partial charge in [-0.05, 0) is 43.0 Å². The first-order valence-electron chi connectivity index (χ1n) is 11.7. The van der Waals surface area contributed by atoms with E-state index in [1.165, 1.54) is 17.7 Å². The van der Waals surface area contributed by atoms with Crippen molar-refractivity contribution in [1.82, 2.24) is 4.90 Å². The molecule has 2 saturated heterocycles. The molecular weight excluding hydrogens is 395 g/mol. The molecule has 1 saturated carbocycles. The number of hydrogen-bond acceptors (Lipinski definition) is 5. The number of ether oxygens (including phenoxy) is 1. The lowest BCUT2D eigenvalue weighted by Crippen LogP contribution is -2.55. The van der Waals surface area contributed by atoms with Crippen LogP contribution in [0.1, 0.15) is 33.1 Å². The van der Waals surface area contributed by atoms with E-state index in [9.17, 15) is 14.3 Å². The molecule has 1 aromatic rings. The predicted octanol–water partition coefficient (Wildman–Crippen LogP) is 3.23. The summed E-state index contributed by atoms with van der Waals surface area (Å²) in [6.07, 6.45) is 4.42. The standard InChI is InChI=1S/C25H33FN2O3/c1-16-4-3-5-17-14-21-22(23(29)25(16,17)2)20(24(30)31-21)15-27-10-12-28(13-11-27)19-8-6-18(26)7-9-19/h5-9,16,20-23,29H,3-4,10-15H2,1-2H3/t16?,20?,21-,22-,23?,25-/m1/s1. The van der Waals surface area contributed by atoms with Gasteiger partial charge >= 0.3 is 5.97 Å². The quantitative estimate of drug-likeness (QED) is 0.592. The number of aliphatic hydroxyl groups is 1. The summed E-state index contributed by atoms with van der Waals surface area (Å²) in [5.74, 6) is -0.374. The number of esters is 1. The molecule has 3 fully saturated rings. The highest BCUT2D eigenvalue weighted by molar-refractivity contribution is 5.76. The number of halogens is 1. The summed E-state index contributed by atoms with van der Waals surface area (Å²) in [4.78, 5) is 17.4. The van der Waals surface area contributed by atoms with E-state index in [-0.39, 0.29) is 35.1 Å². The van der Waals surface area contributed by atoms with Gasteiger partial charge < -0.3 is 14.7 Å². The van der Waals surface area contributed by atoms with Crippen LogP contribution in [0.25, 0.3) is 0 Å². The second kappa shape index (κ2) is 7.89. The largest absolute Gasteiger partial charge is 0.461 e. The minimum atomic E-state index is -0.551. The number of fused-ring (bicyclic) bond motifs is 2. The number of rotatable bonds is 3. The summed E-state index contributed by atoms with van der Waals surface area (Å²) in [6, 6.07) is 6.63. The van der Waals surface area contributed by atoms with Crippen LogP contribution in [0.3, 0.4) is 0 Å². The topological polar surface area (TPSA) is 53.0 Å². The predicted molar refractivity (Wildman–Crippen MR) is 117 cm³/mol. The third-order valence-electron chi connectivity index (χ3n) is 8.59. The van der Waals surface area contributed by atoms with Crippen molar-refractivity contribution in [2.24, 2.45) is 23.2 Å². The Kier molecular flexibility index (Phi) is 5.33. The molecule has 0 amide bonds. The number of nitrogens with zero attached hydrogens (tertiary/aromatic N) is 2. The molecule has 31 heavy (non-hydrogen) atoms. The number of allylic oxidation sites excluding steroid dienone is 1. The summed E-state index contributed by atoms with van der Waals surface area (Å²) >= 11 is 0. The summed E-state index contributed by atoms with van der Waals surface area (Å²) in [5, 5.41) is 11.5. The van der Waals surface area contributed by atoms with E-state index in [0.717, 1.165) is 51.1 Å². The SMILES string of the molecule is CC1CCC=C2C[C@H]3OC(=O)C(CN4CCN(c5ccc(F)cc5)CC4)[C@H]3C(O)[C@@]21C. The van der Waals surface area contributed by atoms with Crippen molar-refractivity contribution in [3.63, 3.8) is 0 Å². The Morgan fingerprint density at radius 2 is 1.90 bits per heavy atom. The molecule has 4 aliphatic rings. The maximum absolute atomic E-state index is 13.2. The van der Waals surface area contributed by atoms with E-state index >= 15 is 0 Å². The molecule has 1 N–H and O–H groups in total. The van der Waals surface area contributed by atoms with Crippen molar-refractivity contribution in [3.05, 3.63) is 41.7 Å². The Hall–Kier alpha value is -1.92. The second-order valence-electron chi connectivity index (χ2n) is 10.1. The van der Waals surface area contributed by atoms with Crippen LogP contribution in [0.4, 0.5) is 10.1 Å². The number of hydrogen-bond donors (Lipinski definition) is 1. The first-order chi connectivity index (χ1) is 14.9. The molecule has 5 nitrogen and oxygen atoms in total. The van der Waals surface area contributed by atoms with E-state index < -0.39 is 6.10 Å². The van der Waals surface area contributed by atoms with E-state index in [0.29, 0.717) is 12.5 Å². The maximum Gasteiger partial charge on any atom is 0.311 e. The van der Waals surface area contributed by atoms with Gasteiger partial charge in [-0.1, -0.05) is 25.5 Å². The molecule has 2 heterocycles. The molecule has 2 aliphatic heterocycles. The number of carbonyl (C=O) groups excluding carboxylic acids is 1. The van der Waals surface area contributed by atoms with Crippen molar-refractivity contribution in [1.29, 1.82) is 0 Å². The van der Waals surface area contributed by atoms with Gasteiger partial charge in [-0.2, -0.15) is 0 Å². The molecule has 0 aromatic heterocycles.